The summed E-state index contributed by atoms with van der Waals surface area (Å²) in [5.41, 5.74) is 4.03. The van der Waals surface area contributed by atoms with Crippen molar-refractivity contribution in [3.8, 4) is 11.3 Å². The lowest BCUT2D eigenvalue weighted by Crippen LogP contribution is -2.40. The highest BCUT2D eigenvalue weighted by molar-refractivity contribution is 5.92. The molecule has 1 saturated heterocycles. The molecule has 1 aliphatic carbocycles. The van der Waals surface area contributed by atoms with E-state index in [0.29, 0.717) is 12.1 Å². The second kappa shape index (κ2) is 7.57. The molecule has 1 aromatic carbocycles. The Bertz CT molecular complexity index is 1030. The highest BCUT2D eigenvalue weighted by Gasteiger charge is 2.30. The van der Waals surface area contributed by atoms with Crippen molar-refractivity contribution < 1.29 is 9.53 Å². The summed E-state index contributed by atoms with van der Waals surface area (Å²) in [6.07, 6.45) is 2.21. The van der Waals surface area contributed by atoms with Gasteiger partial charge >= 0.3 is 0 Å². The number of aromatic nitrogens is 3. The van der Waals surface area contributed by atoms with Crippen molar-refractivity contribution >= 4 is 17.5 Å². The molecular formula is C22H25N5O2. The van der Waals surface area contributed by atoms with Gasteiger partial charge < -0.3 is 4.74 Å². The zero-order valence-corrected chi connectivity index (χ0v) is 16.5. The SMILES string of the molecule is C[C@H]1CN(Cc2ccc(-c3cccc4nc(NC(=O)C5CC5)nn34)cc2)CCO1. The molecule has 0 spiro atoms. The van der Waals surface area contributed by atoms with Crippen LogP contribution in [0.25, 0.3) is 16.9 Å². The molecule has 1 amide bonds. The number of carbonyl (C=O) groups excluding carboxylic acids is 1. The Kier molecular flexibility index (Phi) is 4.77. The highest BCUT2D eigenvalue weighted by Crippen LogP contribution is 2.30. The average molecular weight is 391 g/mol. The van der Waals surface area contributed by atoms with Gasteiger partial charge in [0.05, 0.1) is 18.4 Å². The third kappa shape index (κ3) is 4.02. The molecule has 1 N–H and O–H groups in total. The van der Waals surface area contributed by atoms with E-state index in [0.717, 1.165) is 56.0 Å². The summed E-state index contributed by atoms with van der Waals surface area (Å²) >= 11 is 0. The third-order valence-electron chi connectivity index (χ3n) is 5.52. The van der Waals surface area contributed by atoms with Crippen LogP contribution in [0.2, 0.25) is 0 Å². The minimum absolute atomic E-state index is 0.0178. The summed E-state index contributed by atoms with van der Waals surface area (Å²) in [6, 6.07) is 14.5. The highest BCUT2D eigenvalue weighted by atomic mass is 16.5. The molecule has 0 unspecified atom stereocenters. The fraction of sp³-hybridized carbons (Fsp3) is 0.409. The van der Waals surface area contributed by atoms with E-state index in [9.17, 15) is 4.79 Å². The van der Waals surface area contributed by atoms with Crippen LogP contribution in [0.4, 0.5) is 5.95 Å². The van der Waals surface area contributed by atoms with Crippen molar-refractivity contribution in [3.63, 3.8) is 0 Å². The van der Waals surface area contributed by atoms with Crippen LogP contribution in [0.1, 0.15) is 25.3 Å². The number of benzene rings is 1. The molecule has 2 aliphatic rings. The summed E-state index contributed by atoms with van der Waals surface area (Å²) in [5, 5.41) is 7.35. The van der Waals surface area contributed by atoms with E-state index in [1.54, 1.807) is 4.52 Å². The van der Waals surface area contributed by atoms with Gasteiger partial charge in [-0.15, -0.1) is 5.10 Å². The first kappa shape index (κ1) is 18.3. The summed E-state index contributed by atoms with van der Waals surface area (Å²) in [6.45, 7) is 5.79. The number of pyridine rings is 1. The number of hydrogen-bond acceptors (Lipinski definition) is 5. The molecule has 2 aromatic heterocycles. The maximum absolute atomic E-state index is 12.0. The van der Waals surface area contributed by atoms with E-state index in [1.165, 1.54) is 5.56 Å². The van der Waals surface area contributed by atoms with Crippen LogP contribution in [0, 0.1) is 5.92 Å². The van der Waals surface area contributed by atoms with Crippen molar-refractivity contribution in [2.75, 3.05) is 25.0 Å². The first-order valence-corrected chi connectivity index (χ1v) is 10.3. The van der Waals surface area contributed by atoms with Crippen molar-refractivity contribution in [1.29, 1.82) is 0 Å². The number of amides is 1. The number of anilines is 1. The molecule has 1 saturated carbocycles. The second-order valence-electron chi connectivity index (χ2n) is 7.99. The Balaban J connectivity index is 1.35. The standard InChI is InChI=1S/C22H25N5O2/c1-15-13-26(11-12-29-15)14-16-5-7-17(8-6-16)19-3-2-4-20-23-22(25-27(19)20)24-21(28)18-9-10-18/h2-8,15,18H,9-14H2,1H3,(H,24,25,28)/t15-/m0/s1. The summed E-state index contributed by atoms with van der Waals surface area (Å²) in [4.78, 5) is 18.9. The average Bonchev–Trinajstić information content (AvgIpc) is 3.49. The number of rotatable bonds is 5. The van der Waals surface area contributed by atoms with Crippen LogP contribution in [0.15, 0.2) is 42.5 Å². The van der Waals surface area contributed by atoms with E-state index in [2.05, 4.69) is 51.5 Å². The summed E-state index contributed by atoms with van der Waals surface area (Å²) in [7, 11) is 0. The first-order valence-electron chi connectivity index (χ1n) is 10.3. The van der Waals surface area contributed by atoms with Crippen molar-refractivity contribution in [2.24, 2.45) is 5.92 Å². The molecule has 29 heavy (non-hydrogen) atoms. The number of nitrogens with zero attached hydrogens (tertiary/aromatic N) is 4. The minimum Gasteiger partial charge on any atom is -0.376 e. The molecule has 0 radical (unpaired) electrons. The van der Waals surface area contributed by atoms with Crippen LogP contribution in [-0.4, -0.2) is 51.2 Å². The lowest BCUT2D eigenvalue weighted by Gasteiger charge is -2.31. The maximum atomic E-state index is 12.0. The van der Waals surface area contributed by atoms with Crippen molar-refractivity contribution in [2.45, 2.75) is 32.4 Å². The van der Waals surface area contributed by atoms with Gasteiger partial charge in [0.1, 0.15) is 0 Å². The molecule has 3 aromatic rings. The zero-order chi connectivity index (χ0) is 19.8. The predicted molar refractivity (Wildman–Crippen MR) is 110 cm³/mol. The van der Waals surface area contributed by atoms with Gasteiger partial charge in [-0.1, -0.05) is 30.3 Å². The van der Waals surface area contributed by atoms with Crippen LogP contribution < -0.4 is 5.32 Å². The number of morpholine rings is 1. The monoisotopic (exact) mass is 391 g/mol. The number of nitrogens with one attached hydrogen (secondary N) is 1. The quantitative estimate of drug-likeness (QED) is 0.724. The number of fused-ring (bicyclic) bond motifs is 1. The molecule has 7 nitrogen and oxygen atoms in total. The predicted octanol–water partition coefficient (Wildman–Crippen LogP) is 2.97. The molecule has 1 aliphatic heterocycles. The molecule has 1 atom stereocenters. The van der Waals surface area contributed by atoms with Crippen LogP contribution >= 0.6 is 0 Å². The van der Waals surface area contributed by atoms with Gasteiger partial charge in [0.15, 0.2) is 5.65 Å². The normalized spacial score (nSPS) is 20.1. The lowest BCUT2D eigenvalue weighted by atomic mass is 10.1. The van der Waals surface area contributed by atoms with E-state index in [1.807, 2.05) is 18.2 Å². The first-order chi connectivity index (χ1) is 14.2. The van der Waals surface area contributed by atoms with E-state index >= 15 is 0 Å². The maximum Gasteiger partial charge on any atom is 0.249 e. The molecule has 2 fully saturated rings. The minimum atomic E-state index is 0.0178. The van der Waals surface area contributed by atoms with Gasteiger partial charge in [0.2, 0.25) is 11.9 Å². The third-order valence-corrected chi connectivity index (χ3v) is 5.52. The molecular weight excluding hydrogens is 366 g/mol. The van der Waals surface area contributed by atoms with Gasteiger partial charge in [0.25, 0.3) is 0 Å². The topological polar surface area (TPSA) is 71.8 Å². The van der Waals surface area contributed by atoms with Crippen molar-refractivity contribution in [3.05, 3.63) is 48.0 Å². The smallest absolute Gasteiger partial charge is 0.249 e. The van der Waals surface area contributed by atoms with Gasteiger partial charge in [-0.05, 0) is 37.5 Å². The summed E-state index contributed by atoms with van der Waals surface area (Å²) < 4.78 is 7.42. The summed E-state index contributed by atoms with van der Waals surface area (Å²) in [5.74, 6) is 0.514. The molecule has 3 heterocycles. The van der Waals surface area contributed by atoms with E-state index in [-0.39, 0.29) is 11.8 Å². The Morgan fingerprint density at radius 2 is 2.03 bits per heavy atom. The zero-order valence-electron chi connectivity index (χ0n) is 16.5. The van der Waals surface area contributed by atoms with Crippen molar-refractivity contribution in [1.82, 2.24) is 19.5 Å². The molecule has 0 bridgehead atoms. The lowest BCUT2D eigenvalue weighted by molar-refractivity contribution is -0.117. The van der Waals surface area contributed by atoms with Gasteiger partial charge in [-0.25, -0.2) is 4.52 Å². The fourth-order valence-electron chi connectivity index (χ4n) is 3.81. The van der Waals surface area contributed by atoms with Crippen LogP contribution in [0.5, 0.6) is 0 Å². The Hall–Kier alpha value is -2.77. The fourth-order valence-corrected chi connectivity index (χ4v) is 3.81. The Labute approximate surface area is 169 Å². The van der Waals surface area contributed by atoms with Gasteiger partial charge in [0, 0.05) is 31.1 Å². The largest absolute Gasteiger partial charge is 0.376 e. The molecule has 150 valence electrons. The number of ether oxygens (including phenoxy) is 1. The van der Waals surface area contributed by atoms with Gasteiger partial charge in [-0.2, -0.15) is 4.98 Å². The van der Waals surface area contributed by atoms with Crippen LogP contribution in [-0.2, 0) is 16.1 Å². The Morgan fingerprint density at radius 1 is 1.21 bits per heavy atom. The van der Waals surface area contributed by atoms with Gasteiger partial charge in [-0.3, -0.25) is 15.0 Å². The molecule has 7 heteroatoms. The Morgan fingerprint density at radius 3 is 2.79 bits per heavy atom. The number of hydrogen-bond donors (Lipinski definition) is 1. The number of carbonyl (C=O) groups is 1. The molecule has 5 rings (SSSR count). The van der Waals surface area contributed by atoms with E-state index < -0.39 is 0 Å². The van der Waals surface area contributed by atoms with E-state index in [4.69, 9.17) is 4.74 Å². The second-order valence-corrected chi connectivity index (χ2v) is 7.99. The van der Waals surface area contributed by atoms with Crippen LogP contribution in [0.3, 0.4) is 0 Å².